The minimum Gasteiger partial charge on any atom is -0.326 e. The molecule has 0 saturated carbocycles. The SMILES string of the molecule is CCC(=O)Nc1c(CC)cc(S(=O)(=O)Cl)cc1CC. The number of carbonyl (C=O) groups excluding carboxylic acids is 1. The Bertz CT molecular complexity index is 557. The Kier molecular flexibility index (Phi) is 5.38. The lowest BCUT2D eigenvalue weighted by atomic mass is 10.0. The summed E-state index contributed by atoms with van der Waals surface area (Å²) >= 11 is 0. The van der Waals surface area contributed by atoms with Crippen molar-refractivity contribution in [2.45, 2.75) is 44.9 Å². The van der Waals surface area contributed by atoms with E-state index in [2.05, 4.69) is 5.32 Å². The van der Waals surface area contributed by atoms with Crippen molar-refractivity contribution in [3.8, 4) is 0 Å². The van der Waals surface area contributed by atoms with E-state index in [1.165, 1.54) is 12.1 Å². The van der Waals surface area contributed by atoms with Crippen molar-refractivity contribution in [1.29, 1.82) is 0 Å². The van der Waals surface area contributed by atoms with Crippen LogP contribution < -0.4 is 5.32 Å². The van der Waals surface area contributed by atoms with Crippen LogP contribution in [-0.2, 0) is 26.7 Å². The third kappa shape index (κ3) is 3.94. The normalized spacial score (nSPS) is 11.4. The molecule has 0 spiro atoms. The Hall–Kier alpha value is -1.07. The third-order valence-corrected chi connectivity index (χ3v) is 4.24. The molecular formula is C13H18ClNO3S. The monoisotopic (exact) mass is 303 g/mol. The van der Waals surface area contributed by atoms with E-state index in [9.17, 15) is 13.2 Å². The van der Waals surface area contributed by atoms with Crippen molar-refractivity contribution < 1.29 is 13.2 Å². The van der Waals surface area contributed by atoms with Crippen molar-refractivity contribution in [1.82, 2.24) is 0 Å². The highest BCUT2D eigenvalue weighted by atomic mass is 35.7. The van der Waals surface area contributed by atoms with Crippen LogP contribution in [0.25, 0.3) is 0 Å². The zero-order valence-corrected chi connectivity index (χ0v) is 12.9. The zero-order valence-electron chi connectivity index (χ0n) is 11.3. The predicted molar refractivity (Wildman–Crippen MR) is 77.2 cm³/mol. The number of halogens is 1. The molecule has 1 amide bonds. The summed E-state index contributed by atoms with van der Waals surface area (Å²) in [6.45, 7) is 5.58. The summed E-state index contributed by atoms with van der Waals surface area (Å²) in [5.74, 6) is -0.0918. The fraction of sp³-hybridized carbons (Fsp3) is 0.462. The Labute approximate surface area is 118 Å². The van der Waals surface area contributed by atoms with Gasteiger partial charge in [0.25, 0.3) is 9.05 Å². The van der Waals surface area contributed by atoms with Gasteiger partial charge in [0.05, 0.1) is 4.90 Å². The predicted octanol–water partition coefficient (Wildman–Crippen LogP) is 3.09. The molecule has 4 nitrogen and oxygen atoms in total. The average Bonchev–Trinajstić information content (AvgIpc) is 2.37. The van der Waals surface area contributed by atoms with Gasteiger partial charge in [0.1, 0.15) is 0 Å². The zero-order chi connectivity index (χ0) is 14.6. The molecule has 0 aliphatic heterocycles. The topological polar surface area (TPSA) is 63.2 Å². The number of rotatable bonds is 5. The second-order valence-electron chi connectivity index (χ2n) is 4.16. The van der Waals surface area contributed by atoms with Crippen molar-refractivity contribution in [3.63, 3.8) is 0 Å². The standard InChI is InChI=1S/C13H18ClNO3S/c1-4-9-7-11(19(14,17)18)8-10(5-2)13(9)15-12(16)6-3/h7-8H,4-6H2,1-3H3,(H,15,16). The number of hydrogen-bond acceptors (Lipinski definition) is 3. The van der Waals surface area contributed by atoms with Crippen LogP contribution in [0.15, 0.2) is 17.0 Å². The minimum absolute atomic E-state index is 0.0809. The van der Waals surface area contributed by atoms with E-state index in [0.29, 0.717) is 24.9 Å². The molecule has 6 heteroatoms. The van der Waals surface area contributed by atoms with Crippen molar-refractivity contribution in [2.75, 3.05) is 5.32 Å². The lowest BCUT2D eigenvalue weighted by molar-refractivity contribution is -0.115. The summed E-state index contributed by atoms with van der Waals surface area (Å²) in [7, 11) is 1.63. The van der Waals surface area contributed by atoms with Crippen LogP contribution in [0.5, 0.6) is 0 Å². The van der Waals surface area contributed by atoms with Crippen molar-refractivity contribution >= 4 is 31.3 Å². The molecule has 0 atom stereocenters. The van der Waals surface area contributed by atoms with E-state index in [4.69, 9.17) is 10.7 Å². The molecule has 0 bridgehead atoms. The molecular weight excluding hydrogens is 286 g/mol. The first-order chi connectivity index (χ1) is 8.83. The smallest absolute Gasteiger partial charge is 0.261 e. The third-order valence-electron chi connectivity index (χ3n) is 2.90. The first kappa shape index (κ1) is 16.0. The van der Waals surface area contributed by atoms with Crippen LogP contribution in [-0.4, -0.2) is 14.3 Å². The summed E-state index contributed by atoms with van der Waals surface area (Å²) in [6, 6.07) is 3.04. The summed E-state index contributed by atoms with van der Waals surface area (Å²) in [5, 5.41) is 2.83. The quantitative estimate of drug-likeness (QED) is 0.850. The maximum atomic E-state index is 11.5. The van der Waals surface area contributed by atoms with Gasteiger partial charge in [-0.15, -0.1) is 0 Å². The van der Waals surface area contributed by atoms with Crippen LogP contribution in [0.4, 0.5) is 5.69 Å². The number of amides is 1. The van der Waals surface area contributed by atoms with Crippen LogP contribution >= 0.6 is 10.7 Å². The molecule has 106 valence electrons. The molecule has 0 aliphatic carbocycles. The van der Waals surface area contributed by atoms with Gasteiger partial charge in [-0.1, -0.05) is 20.8 Å². The first-order valence-electron chi connectivity index (χ1n) is 6.23. The Balaban J connectivity index is 3.42. The van der Waals surface area contributed by atoms with E-state index in [1.54, 1.807) is 6.92 Å². The van der Waals surface area contributed by atoms with E-state index in [-0.39, 0.29) is 10.8 Å². The maximum absolute atomic E-state index is 11.5. The Morgan fingerprint density at radius 1 is 1.16 bits per heavy atom. The lowest BCUT2D eigenvalue weighted by Gasteiger charge is -2.15. The second kappa shape index (κ2) is 6.39. The number of hydrogen-bond donors (Lipinski definition) is 1. The lowest BCUT2D eigenvalue weighted by Crippen LogP contribution is -2.13. The number of benzene rings is 1. The minimum atomic E-state index is -3.76. The van der Waals surface area contributed by atoms with Gasteiger partial charge in [-0.05, 0) is 36.1 Å². The second-order valence-corrected chi connectivity index (χ2v) is 6.73. The molecule has 1 aromatic rings. The molecule has 1 N–H and O–H groups in total. The molecule has 0 saturated heterocycles. The van der Waals surface area contributed by atoms with Crippen molar-refractivity contribution in [3.05, 3.63) is 23.3 Å². The summed E-state index contributed by atoms with van der Waals surface area (Å²) < 4.78 is 22.9. The highest BCUT2D eigenvalue weighted by molar-refractivity contribution is 8.13. The van der Waals surface area contributed by atoms with Gasteiger partial charge in [-0.3, -0.25) is 4.79 Å². The summed E-state index contributed by atoms with van der Waals surface area (Å²) in [6.07, 6.45) is 1.61. The van der Waals surface area contributed by atoms with Gasteiger partial charge < -0.3 is 5.32 Å². The molecule has 0 unspecified atom stereocenters. The largest absolute Gasteiger partial charge is 0.326 e. The molecule has 1 aromatic carbocycles. The number of anilines is 1. The average molecular weight is 304 g/mol. The molecule has 1 rings (SSSR count). The van der Waals surface area contributed by atoms with E-state index < -0.39 is 9.05 Å². The number of nitrogens with one attached hydrogen (secondary N) is 1. The fourth-order valence-electron chi connectivity index (χ4n) is 1.82. The van der Waals surface area contributed by atoms with Gasteiger partial charge in [0.2, 0.25) is 5.91 Å². The van der Waals surface area contributed by atoms with E-state index in [1.807, 2.05) is 13.8 Å². The van der Waals surface area contributed by atoms with Gasteiger partial charge in [-0.25, -0.2) is 8.42 Å². The van der Waals surface area contributed by atoms with Gasteiger partial charge in [0, 0.05) is 22.8 Å². The number of carbonyl (C=O) groups is 1. The van der Waals surface area contributed by atoms with E-state index in [0.717, 1.165) is 11.1 Å². The highest BCUT2D eigenvalue weighted by Crippen LogP contribution is 2.28. The maximum Gasteiger partial charge on any atom is 0.261 e. The van der Waals surface area contributed by atoms with Gasteiger partial charge >= 0.3 is 0 Å². The first-order valence-corrected chi connectivity index (χ1v) is 8.54. The summed E-state index contributed by atoms with van der Waals surface area (Å²) in [5.41, 5.74) is 2.27. The molecule has 0 aliphatic rings. The van der Waals surface area contributed by atoms with Gasteiger partial charge in [-0.2, -0.15) is 0 Å². The van der Waals surface area contributed by atoms with Gasteiger partial charge in [0.15, 0.2) is 0 Å². The Morgan fingerprint density at radius 2 is 1.63 bits per heavy atom. The van der Waals surface area contributed by atoms with Crippen molar-refractivity contribution in [2.24, 2.45) is 0 Å². The molecule has 0 radical (unpaired) electrons. The molecule has 19 heavy (non-hydrogen) atoms. The van der Waals surface area contributed by atoms with E-state index >= 15 is 0 Å². The molecule has 0 fully saturated rings. The van der Waals surface area contributed by atoms with Crippen LogP contribution in [0.2, 0.25) is 0 Å². The molecule has 0 heterocycles. The van der Waals surface area contributed by atoms with Crippen LogP contribution in [0, 0.1) is 0 Å². The summed E-state index contributed by atoms with van der Waals surface area (Å²) in [4.78, 5) is 11.6. The molecule has 0 aromatic heterocycles. The van der Waals surface area contributed by atoms with Crippen LogP contribution in [0.1, 0.15) is 38.3 Å². The number of aryl methyl sites for hydroxylation is 2. The highest BCUT2D eigenvalue weighted by Gasteiger charge is 2.17. The fourth-order valence-corrected chi connectivity index (χ4v) is 2.66. The Morgan fingerprint density at radius 3 is 1.95 bits per heavy atom. The van der Waals surface area contributed by atoms with Crippen LogP contribution in [0.3, 0.4) is 0 Å².